The fourth-order valence-corrected chi connectivity index (χ4v) is 10.5. The van der Waals surface area contributed by atoms with Crippen LogP contribution in [0.4, 0.5) is 0 Å². The Morgan fingerprint density at radius 1 is 0.275 bits per heavy atom. The molecule has 322 valence electrons. The molecule has 0 spiro atoms. The van der Waals surface area contributed by atoms with Gasteiger partial charge in [-0.1, -0.05) is 164 Å². The lowest BCUT2D eigenvalue weighted by Crippen LogP contribution is -2.00. The molecule has 4 aromatic heterocycles. The number of rotatable bonds is 7. The zero-order valence-electron chi connectivity index (χ0n) is 37.2. The van der Waals surface area contributed by atoms with E-state index in [-0.39, 0.29) is 0 Å². The van der Waals surface area contributed by atoms with Crippen LogP contribution in [-0.2, 0) is 0 Å². The number of benzene rings is 10. The zero-order chi connectivity index (χ0) is 45.4. The van der Waals surface area contributed by atoms with Gasteiger partial charge in [0.05, 0.1) is 22.1 Å². The summed E-state index contributed by atoms with van der Waals surface area (Å²) in [6, 6.07) is 83.5. The van der Waals surface area contributed by atoms with E-state index < -0.39 is 0 Å². The van der Waals surface area contributed by atoms with Crippen molar-refractivity contribution in [3.05, 3.63) is 237 Å². The second kappa shape index (κ2) is 15.6. The smallest absolute Gasteiger partial charge is 0.164 e. The van der Waals surface area contributed by atoms with Crippen molar-refractivity contribution >= 4 is 65.6 Å². The Hall–Kier alpha value is -9.39. The summed E-state index contributed by atoms with van der Waals surface area (Å²) >= 11 is 0. The summed E-state index contributed by atoms with van der Waals surface area (Å²) in [5.41, 5.74) is 15.8. The summed E-state index contributed by atoms with van der Waals surface area (Å²) in [5, 5.41) is 6.84. The standard InChI is InChI=1S/C63H39N5O/c1-5-17-40(18-6-1)61-64-62(41-19-7-2-8-20-41)66-63(65-61)50-27-16-30-58-60(50)52-37-42(33-36-57(52)69-58)43-31-34-48-51-38-44(32-35-54(51)68(56(48)39-43)46-23-11-4-12-24-46)47-26-15-29-55-59(47)49-25-13-14-28-53(49)67(55)45-21-9-3-10-22-45/h1-39H. The van der Waals surface area contributed by atoms with Crippen molar-refractivity contribution in [1.29, 1.82) is 0 Å². The van der Waals surface area contributed by atoms with Gasteiger partial charge in [0.1, 0.15) is 11.2 Å². The highest BCUT2D eigenvalue weighted by atomic mass is 16.3. The van der Waals surface area contributed by atoms with Gasteiger partial charge in [0.2, 0.25) is 0 Å². The van der Waals surface area contributed by atoms with Crippen LogP contribution < -0.4 is 0 Å². The van der Waals surface area contributed by atoms with Gasteiger partial charge in [0.25, 0.3) is 0 Å². The third kappa shape index (κ3) is 6.30. The zero-order valence-corrected chi connectivity index (χ0v) is 37.2. The van der Waals surface area contributed by atoms with E-state index in [4.69, 9.17) is 19.4 Å². The van der Waals surface area contributed by atoms with E-state index in [2.05, 4.69) is 173 Å². The molecule has 0 saturated carbocycles. The average molecular weight is 882 g/mol. The summed E-state index contributed by atoms with van der Waals surface area (Å²) in [6.45, 7) is 0. The molecule has 0 saturated heterocycles. The molecular weight excluding hydrogens is 843 g/mol. The van der Waals surface area contributed by atoms with Crippen LogP contribution >= 0.6 is 0 Å². The Morgan fingerprint density at radius 2 is 0.812 bits per heavy atom. The van der Waals surface area contributed by atoms with E-state index in [0.717, 1.165) is 72.2 Å². The number of para-hydroxylation sites is 3. The van der Waals surface area contributed by atoms with Crippen molar-refractivity contribution in [1.82, 2.24) is 24.1 Å². The minimum atomic E-state index is 0.591. The van der Waals surface area contributed by atoms with Crippen LogP contribution in [0.3, 0.4) is 0 Å². The van der Waals surface area contributed by atoms with Crippen LogP contribution in [0.15, 0.2) is 241 Å². The summed E-state index contributed by atoms with van der Waals surface area (Å²) in [7, 11) is 0. The van der Waals surface area contributed by atoms with E-state index in [9.17, 15) is 0 Å². The number of aromatic nitrogens is 5. The Morgan fingerprint density at radius 3 is 1.54 bits per heavy atom. The van der Waals surface area contributed by atoms with Gasteiger partial charge in [-0.15, -0.1) is 0 Å². The Bertz CT molecular complexity index is 4230. The number of fused-ring (bicyclic) bond motifs is 9. The molecule has 0 fully saturated rings. The van der Waals surface area contributed by atoms with E-state index in [1.165, 1.54) is 43.7 Å². The lowest BCUT2D eigenvalue weighted by Gasteiger charge is -2.10. The van der Waals surface area contributed by atoms with Crippen LogP contribution in [0.2, 0.25) is 0 Å². The summed E-state index contributed by atoms with van der Waals surface area (Å²) in [5.74, 6) is 1.83. The van der Waals surface area contributed by atoms with Crippen molar-refractivity contribution in [2.45, 2.75) is 0 Å². The first-order valence-corrected chi connectivity index (χ1v) is 23.3. The molecule has 14 rings (SSSR count). The maximum Gasteiger partial charge on any atom is 0.164 e. The van der Waals surface area contributed by atoms with Gasteiger partial charge in [-0.3, -0.25) is 0 Å². The highest BCUT2D eigenvalue weighted by Gasteiger charge is 2.21. The maximum absolute atomic E-state index is 6.57. The fraction of sp³-hybridized carbons (Fsp3) is 0. The molecule has 0 amide bonds. The minimum Gasteiger partial charge on any atom is -0.456 e. The molecule has 4 heterocycles. The minimum absolute atomic E-state index is 0.591. The van der Waals surface area contributed by atoms with Gasteiger partial charge in [0.15, 0.2) is 17.5 Å². The molecule has 0 unspecified atom stereocenters. The lowest BCUT2D eigenvalue weighted by atomic mass is 9.97. The highest BCUT2D eigenvalue weighted by molar-refractivity contribution is 6.18. The van der Waals surface area contributed by atoms with E-state index in [1.807, 2.05) is 72.8 Å². The molecule has 0 aliphatic heterocycles. The monoisotopic (exact) mass is 881 g/mol. The van der Waals surface area contributed by atoms with Crippen molar-refractivity contribution in [2.75, 3.05) is 0 Å². The molecule has 10 aromatic carbocycles. The molecule has 69 heavy (non-hydrogen) atoms. The average Bonchev–Trinajstić information content (AvgIpc) is 4.09. The van der Waals surface area contributed by atoms with E-state index >= 15 is 0 Å². The first kappa shape index (κ1) is 38.8. The summed E-state index contributed by atoms with van der Waals surface area (Å²) in [4.78, 5) is 15.2. The number of hydrogen-bond acceptors (Lipinski definition) is 4. The Kier molecular flexibility index (Phi) is 8.79. The predicted molar refractivity (Wildman–Crippen MR) is 283 cm³/mol. The highest BCUT2D eigenvalue weighted by Crippen LogP contribution is 2.43. The SMILES string of the molecule is c1ccc(-c2nc(-c3ccccc3)nc(-c3cccc4oc5ccc(-c6ccc7c8cc(-c9cccc%10c9c9ccccc9n%10-c9ccccc9)ccc8n(-c8ccccc8)c7c6)cc5c34)n2)cc1. The first-order chi connectivity index (χ1) is 34.2. The second-order valence-electron chi connectivity index (χ2n) is 17.6. The van der Waals surface area contributed by atoms with Gasteiger partial charge in [-0.2, -0.15) is 0 Å². The molecule has 0 aliphatic rings. The van der Waals surface area contributed by atoms with Crippen LogP contribution in [-0.4, -0.2) is 24.1 Å². The third-order valence-corrected chi connectivity index (χ3v) is 13.6. The van der Waals surface area contributed by atoms with E-state index in [0.29, 0.717) is 17.5 Å². The summed E-state index contributed by atoms with van der Waals surface area (Å²) < 4.78 is 11.4. The third-order valence-electron chi connectivity index (χ3n) is 13.6. The Balaban J connectivity index is 0.938. The van der Waals surface area contributed by atoms with Crippen LogP contribution in [0.1, 0.15) is 0 Å². The molecule has 0 radical (unpaired) electrons. The van der Waals surface area contributed by atoms with Crippen LogP contribution in [0.25, 0.3) is 133 Å². The van der Waals surface area contributed by atoms with Crippen molar-refractivity contribution in [3.8, 4) is 67.8 Å². The van der Waals surface area contributed by atoms with Crippen molar-refractivity contribution in [3.63, 3.8) is 0 Å². The molecule has 14 aromatic rings. The number of nitrogens with zero attached hydrogens (tertiary/aromatic N) is 5. The molecule has 0 aliphatic carbocycles. The molecule has 6 heteroatoms. The second-order valence-corrected chi connectivity index (χ2v) is 17.6. The quantitative estimate of drug-likeness (QED) is 0.160. The van der Waals surface area contributed by atoms with Gasteiger partial charge in [-0.05, 0) is 95.1 Å². The number of hydrogen-bond donors (Lipinski definition) is 0. The van der Waals surface area contributed by atoms with E-state index in [1.54, 1.807) is 0 Å². The molecule has 0 atom stereocenters. The lowest BCUT2D eigenvalue weighted by molar-refractivity contribution is 0.669. The predicted octanol–water partition coefficient (Wildman–Crippen LogP) is 16.3. The van der Waals surface area contributed by atoms with Crippen LogP contribution in [0, 0.1) is 0 Å². The topological polar surface area (TPSA) is 61.7 Å². The van der Waals surface area contributed by atoms with Crippen LogP contribution in [0.5, 0.6) is 0 Å². The summed E-state index contributed by atoms with van der Waals surface area (Å²) in [6.07, 6.45) is 0. The molecule has 0 bridgehead atoms. The fourth-order valence-electron chi connectivity index (χ4n) is 10.5. The Labute approximate surface area is 396 Å². The largest absolute Gasteiger partial charge is 0.456 e. The van der Waals surface area contributed by atoms with Crippen molar-refractivity contribution in [2.24, 2.45) is 0 Å². The normalized spacial score (nSPS) is 11.8. The van der Waals surface area contributed by atoms with Gasteiger partial charge in [0, 0.05) is 60.4 Å². The molecule has 0 N–H and O–H groups in total. The van der Waals surface area contributed by atoms with Gasteiger partial charge < -0.3 is 13.6 Å². The van der Waals surface area contributed by atoms with Gasteiger partial charge >= 0.3 is 0 Å². The van der Waals surface area contributed by atoms with Crippen molar-refractivity contribution < 1.29 is 4.42 Å². The molecular formula is C63H39N5O. The first-order valence-electron chi connectivity index (χ1n) is 23.3. The van der Waals surface area contributed by atoms with Gasteiger partial charge in [-0.25, -0.2) is 15.0 Å². The maximum atomic E-state index is 6.57. The number of furan rings is 1. The molecule has 6 nitrogen and oxygen atoms in total.